The molecule has 26 heavy (non-hydrogen) atoms. The lowest BCUT2D eigenvalue weighted by Gasteiger charge is -2.33. The van der Waals surface area contributed by atoms with Crippen LogP contribution in [-0.2, 0) is 16.0 Å². The molecular formula is C21H29FN2O2. The first-order chi connectivity index (χ1) is 12.6. The zero-order chi connectivity index (χ0) is 18.4. The first kappa shape index (κ1) is 18.9. The lowest BCUT2D eigenvalue weighted by Crippen LogP contribution is -2.40. The number of carbonyl (C=O) groups is 2. The van der Waals surface area contributed by atoms with E-state index in [4.69, 9.17) is 0 Å². The molecular weight excluding hydrogens is 331 g/mol. The fourth-order valence-corrected chi connectivity index (χ4v) is 4.11. The molecule has 0 spiro atoms. The van der Waals surface area contributed by atoms with Gasteiger partial charge in [-0.2, -0.15) is 0 Å². The van der Waals surface area contributed by atoms with Crippen molar-refractivity contribution in [1.29, 1.82) is 0 Å². The second kappa shape index (κ2) is 9.15. The first-order valence-electron chi connectivity index (χ1n) is 9.92. The van der Waals surface area contributed by atoms with Gasteiger partial charge in [0.05, 0.1) is 0 Å². The summed E-state index contributed by atoms with van der Waals surface area (Å²) in [5.74, 6) is 0.746. The SMILES string of the molecule is O=C1CCCN1CCCC(=O)N1CCCC(CCc2ccccc2F)C1. The van der Waals surface area contributed by atoms with Crippen molar-refractivity contribution in [3.8, 4) is 0 Å². The maximum atomic E-state index is 13.8. The highest BCUT2D eigenvalue weighted by Crippen LogP contribution is 2.23. The van der Waals surface area contributed by atoms with E-state index in [2.05, 4.69) is 0 Å². The summed E-state index contributed by atoms with van der Waals surface area (Å²) < 4.78 is 13.8. The second-order valence-electron chi connectivity index (χ2n) is 7.57. The highest BCUT2D eigenvalue weighted by Gasteiger charge is 2.24. The Morgan fingerprint density at radius 3 is 2.81 bits per heavy atom. The summed E-state index contributed by atoms with van der Waals surface area (Å²) in [7, 11) is 0. The van der Waals surface area contributed by atoms with E-state index in [1.54, 1.807) is 6.07 Å². The van der Waals surface area contributed by atoms with Gasteiger partial charge in [-0.3, -0.25) is 9.59 Å². The number of nitrogens with zero attached hydrogens (tertiary/aromatic N) is 2. The molecule has 0 aromatic heterocycles. The molecule has 4 nitrogen and oxygen atoms in total. The Morgan fingerprint density at radius 1 is 1.19 bits per heavy atom. The van der Waals surface area contributed by atoms with Crippen molar-refractivity contribution >= 4 is 11.8 Å². The molecule has 0 aliphatic carbocycles. The van der Waals surface area contributed by atoms with Crippen LogP contribution < -0.4 is 0 Å². The third-order valence-electron chi connectivity index (χ3n) is 5.64. The molecule has 1 unspecified atom stereocenters. The van der Waals surface area contributed by atoms with E-state index >= 15 is 0 Å². The predicted octanol–water partition coefficient (Wildman–Crippen LogP) is 3.40. The number of amides is 2. The second-order valence-corrected chi connectivity index (χ2v) is 7.57. The van der Waals surface area contributed by atoms with E-state index in [1.165, 1.54) is 6.07 Å². The molecule has 0 N–H and O–H groups in total. The summed E-state index contributed by atoms with van der Waals surface area (Å²) in [5, 5.41) is 0. The molecule has 3 rings (SSSR count). The summed E-state index contributed by atoms with van der Waals surface area (Å²) in [5.41, 5.74) is 0.770. The van der Waals surface area contributed by atoms with E-state index in [1.807, 2.05) is 21.9 Å². The van der Waals surface area contributed by atoms with Crippen LogP contribution in [0.1, 0.15) is 50.5 Å². The van der Waals surface area contributed by atoms with Crippen LogP contribution >= 0.6 is 0 Å². The summed E-state index contributed by atoms with van der Waals surface area (Å²) in [6.45, 7) is 3.16. The van der Waals surface area contributed by atoms with E-state index in [-0.39, 0.29) is 17.6 Å². The van der Waals surface area contributed by atoms with Crippen LogP contribution in [0.25, 0.3) is 0 Å². The van der Waals surface area contributed by atoms with Crippen LogP contribution in [0.3, 0.4) is 0 Å². The largest absolute Gasteiger partial charge is 0.343 e. The van der Waals surface area contributed by atoms with Crippen LogP contribution in [0, 0.1) is 11.7 Å². The lowest BCUT2D eigenvalue weighted by molar-refractivity contribution is -0.134. The normalized spacial score (nSPS) is 20.7. The minimum atomic E-state index is -0.132. The molecule has 2 aliphatic heterocycles. The summed E-state index contributed by atoms with van der Waals surface area (Å²) in [6.07, 6.45) is 6.67. The molecule has 2 heterocycles. The Hall–Kier alpha value is -1.91. The van der Waals surface area contributed by atoms with Gasteiger partial charge in [-0.15, -0.1) is 0 Å². The number of rotatable bonds is 7. The van der Waals surface area contributed by atoms with Gasteiger partial charge in [-0.05, 0) is 56.1 Å². The summed E-state index contributed by atoms with van der Waals surface area (Å²) in [4.78, 5) is 28.0. The number of likely N-dealkylation sites (tertiary alicyclic amines) is 2. The third-order valence-corrected chi connectivity index (χ3v) is 5.64. The molecule has 1 aromatic rings. The first-order valence-corrected chi connectivity index (χ1v) is 9.92. The van der Waals surface area contributed by atoms with Crippen LogP contribution in [0.15, 0.2) is 24.3 Å². The van der Waals surface area contributed by atoms with Crippen molar-refractivity contribution in [3.63, 3.8) is 0 Å². The zero-order valence-corrected chi connectivity index (χ0v) is 15.5. The van der Waals surface area contributed by atoms with Crippen LogP contribution in [0.4, 0.5) is 4.39 Å². The molecule has 2 amide bonds. The van der Waals surface area contributed by atoms with Crippen LogP contribution in [0.5, 0.6) is 0 Å². The van der Waals surface area contributed by atoms with Gasteiger partial charge in [-0.25, -0.2) is 4.39 Å². The maximum Gasteiger partial charge on any atom is 0.222 e. The summed E-state index contributed by atoms with van der Waals surface area (Å²) in [6, 6.07) is 6.95. The Morgan fingerprint density at radius 2 is 2.04 bits per heavy atom. The quantitative estimate of drug-likeness (QED) is 0.748. The monoisotopic (exact) mass is 360 g/mol. The van der Waals surface area contributed by atoms with Gasteiger partial charge in [-0.1, -0.05) is 18.2 Å². The Bertz CT molecular complexity index is 634. The topological polar surface area (TPSA) is 40.6 Å². The van der Waals surface area contributed by atoms with Crippen molar-refractivity contribution in [1.82, 2.24) is 9.80 Å². The van der Waals surface area contributed by atoms with Crippen molar-refractivity contribution in [2.45, 2.75) is 51.4 Å². The zero-order valence-electron chi connectivity index (χ0n) is 15.5. The number of hydrogen-bond acceptors (Lipinski definition) is 2. The van der Waals surface area contributed by atoms with Gasteiger partial charge >= 0.3 is 0 Å². The standard InChI is InChI=1S/C21H29FN2O2/c22-19-8-2-1-7-18(19)12-11-17-6-3-15-24(16-17)21(26)10-5-14-23-13-4-9-20(23)25/h1-2,7-8,17H,3-6,9-16H2. The number of hydrogen-bond donors (Lipinski definition) is 0. The molecule has 142 valence electrons. The molecule has 1 atom stereocenters. The Kier molecular flexibility index (Phi) is 6.64. The van der Waals surface area contributed by atoms with Gasteiger partial charge in [0.2, 0.25) is 11.8 Å². The molecule has 2 saturated heterocycles. The minimum absolute atomic E-state index is 0.132. The highest BCUT2D eigenvalue weighted by molar-refractivity contribution is 5.78. The lowest BCUT2D eigenvalue weighted by atomic mass is 9.91. The number of benzene rings is 1. The van der Waals surface area contributed by atoms with E-state index in [9.17, 15) is 14.0 Å². The van der Waals surface area contributed by atoms with Crippen molar-refractivity contribution in [2.24, 2.45) is 5.92 Å². The van der Waals surface area contributed by atoms with Crippen molar-refractivity contribution in [3.05, 3.63) is 35.6 Å². The highest BCUT2D eigenvalue weighted by atomic mass is 19.1. The van der Waals surface area contributed by atoms with E-state index in [0.717, 1.165) is 63.7 Å². The molecule has 2 fully saturated rings. The molecule has 0 radical (unpaired) electrons. The van der Waals surface area contributed by atoms with Gasteiger partial charge in [0.25, 0.3) is 0 Å². The maximum absolute atomic E-state index is 13.8. The molecule has 2 aliphatic rings. The van der Waals surface area contributed by atoms with Crippen molar-refractivity contribution < 1.29 is 14.0 Å². The van der Waals surface area contributed by atoms with Gasteiger partial charge < -0.3 is 9.80 Å². The fourth-order valence-electron chi connectivity index (χ4n) is 4.11. The average Bonchev–Trinajstić information content (AvgIpc) is 3.06. The summed E-state index contributed by atoms with van der Waals surface area (Å²) >= 11 is 0. The number of carbonyl (C=O) groups excluding carboxylic acids is 2. The van der Waals surface area contributed by atoms with Gasteiger partial charge in [0.1, 0.15) is 5.82 Å². The van der Waals surface area contributed by atoms with Crippen molar-refractivity contribution in [2.75, 3.05) is 26.2 Å². The third kappa shape index (κ3) is 5.05. The molecule has 5 heteroatoms. The van der Waals surface area contributed by atoms with Gasteiger partial charge in [0.15, 0.2) is 0 Å². The Balaban J connectivity index is 1.40. The smallest absolute Gasteiger partial charge is 0.222 e. The Labute approximate surface area is 155 Å². The number of aryl methyl sites for hydroxylation is 1. The minimum Gasteiger partial charge on any atom is -0.343 e. The average molecular weight is 360 g/mol. The number of piperidine rings is 1. The molecule has 0 bridgehead atoms. The van der Waals surface area contributed by atoms with Crippen LogP contribution in [-0.4, -0.2) is 47.8 Å². The fraction of sp³-hybridized carbons (Fsp3) is 0.619. The van der Waals surface area contributed by atoms with Crippen LogP contribution in [0.2, 0.25) is 0 Å². The van der Waals surface area contributed by atoms with E-state index < -0.39 is 0 Å². The predicted molar refractivity (Wildman–Crippen MR) is 99.1 cm³/mol. The van der Waals surface area contributed by atoms with E-state index in [0.29, 0.717) is 25.3 Å². The molecule has 1 aromatic carbocycles. The number of halogens is 1. The molecule has 0 saturated carbocycles. The van der Waals surface area contributed by atoms with Gasteiger partial charge in [0, 0.05) is 39.0 Å².